The number of nitrogens with one attached hydrogen (secondary N) is 3. The first-order chi connectivity index (χ1) is 8.35. The zero-order chi connectivity index (χ0) is 14.2. The van der Waals surface area contributed by atoms with Gasteiger partial charge in [-0.2, -0.15) is 0 Å². The summed E-state index contributed by atoms with van der Waals surface area (Å²) < 4.78 is 4.84. The molecule has 6 nitrogen and oxygen atoms in total. The van der Waals surface area contributed by atoms with E-state index in [1.54, 1.807) is 21.1 Å². The summed E-state index contributed by atoms with van der Waals surface area (Å²) in [4.78, 5) is 23.2. The highest BCUT2D eigenvalue weighted by atomic mass is 16.5. The van der Waals surface area contributed by atoms with Crippen molar-refractivity contribution in [2.45, 2.75) is 26.8 Å². The van der Waals surface area contributed by atoms with Gasteiger partial charge in [-0.25, -0.2) is 0 Å². The van der Waals surface area contributed by atoms with E-state index in [9.17, 15) is 9.59 Å². The number of amides is 2. The molecule has 0 radical (unpaired) electrons. The van der Waals surface area contributed by atoms with Gasteiger partial charge in [0.25, 0.3) is 0 Å². The van der Waals surface area contributed by atoms with Crippen LogP contribution in [0.4, 0.5) is 0 Å². The fourth-order valence-electron chi connectivity index (χ4n) is 1.35. The predicted octanol–water partition coefficient (Wildman–Crippen LogP) is -0.501. The summed E-state index contributed by atoms with van der Waals surface area (Å²) in [5.41, 5.74) is -0.546. The van der Waals surface area contributed by atoms with Crippen LogP contribution in [0.3, 0.4) is 0 Å². The third kappa shape index (κ3) is 5.97. The molecule has 0 saturated carbocycles. The minimum absolute atomic E-state index is 0.0537. The Morgan fingerprint density at radius 1 is 1.33 bits per heavy atom. The molecule has 0 fully saturated rings. The number of hydrogen-bond acceptors (Lipinski definition) is 4. The van der Waals surface area contributed by atoms with Crippen molar-refractivity contribution in [2.24, 2.45) is 5.41 Å². The van der Waals surface area contributed by atoms with Gasteiger partial charge in [0.15, 0.2) is 0 Å². The van der Waals surface area contributed by atoms with Gasteiger partial charge in [-0.1, -0.05) is 0 Å². The van der Waals surface area contributed by atoms with E-state index >= 15 is 0 Å². The van der Waals surface area contributed by atoms with Gasteiger partial charge in [-0.05, 0) is 20.8 Å². The SMILES string of the molecule is CNC(=O)C(C)(C)CNC(C)C(=O)NCCOC. The molecule has 2 amide bonds. The van der Waals surface area contributed by atoms with Crippen molar-refractivity contribution >= 4 is 11.8 Å². The number of hydrogen-bond donors (Lipinski definition) is 3. The molecule has 0 bridgehead atoms. The average molecular weight is 259 g/mol. The molecule has 0 aliphatic carbocycles. The normalized spacial score (nSPS) is 12.9. The lowest BCUT2D eigenvalue weighted by atomic mass is 9.92. The zero-order valence-electron chi connectivity index (χ0n) is 11.9. The fraction of sp³-hybridized carbons (Fsp3) is 0.833. The third-order valence-electron chi connectivity index (χ3n) is 2.69. The standard InChI is InChI=1S/C12H25N3O3/c1-9(10(16)14-6-7-18-5)15-8-12(2,3)11(17)13-4/h9,15H,6-8H2,1-5H3,(H,13,17)(H,14,16). The molecule has 0 aliphatic rings. The fourth-order valence-corrected chi connectivity index (χ4v) is 1.35. The Hall–Kier alpha value is -1.14. The lowest BCUT2D eigenvalue weighted by Gasteiger charge is -2.25. The Bertz CT molecular complexity index is 280. The topological polar surface area (TPSA) is 79.5 Å². The van der Waals surface area contributed by atoms with Crippen LogP contribution in [-0.4, -0.2) is 51.7 Å². The second kappa shape index (κ2) is 8.05. The van der Waals surface area contributed by atoms with Crippen LogP contribution < -0.4 is 16.0 Å². The largest absolute Gasteiger partial charge is 0.383 e. The van der Waals surface area contributed by atoms with Crippen LogP contribution in [0.15, 0.2) is 0 Å². The Morgan fingerprint density at radius 3 is 2.44 bits per heavy atom. The van der Waals surface area contributed by atoms with E-state index in [1.807, 2.05) is 13.8 Å². The third-order valence-corrected chi connectivity index (χ3v) is 2.69. The van der Waals surface area contributed by atoms with E-state index in [4.69, 9.17) is 4.74 Å². The van der Waals surface area contributed by atoms with Crippen LogP contribution in [-0.2, 0) is 14.3 Å². The molecule has 0 spiro atoms. The highest BCUT2D eigenvalue weighted by molar-refractivity contribution is 5.83. The van der Waals surface area contributed by atoms with Crippen molar-refractivity contribution in [1.29, 1.82) is 0 Å². The Morgan fingerprint density at radius 2 is 1.94 bits per heavy atom. The first kappa shape index (κ1) is 16.9. The van der Waals surface area contributed by atoms with Crippen LogP contribution in [0.2, 0.25) is 0 Å². The number of ether oxygens (including phenoxy) is 1. The molecule has 3 N–H and O–H groups in total. The van der Waals surface area contributed by atoms with Crippen molar-refractivity contribution in [3.05, 3.63) is 0 Å². The van der Waals surface area contributed by atoms with Gasteiger partial charge in [-0.15, -0.1) is 0 Å². The molecule has 0 aromatic carbocycles. The summed E-state index contributed by atoms with van der Waals surface area (Å²) in [6, 6.07) is -0.342. The van der Waals surface area contributed by atoms with E-state index < -0.39 is 5.41 Å². The number of carbonyl (C=O) groups is 2. The highest BCUT2D eigenvalue weighted by Crippen LogP contribution is 2.13. The van der Waals surface area contributed by atoms with Crippen LogP contribution in [0.25, 0.3) is 0 Å². The monoisotopic (exact) mass is 259 g/mol. The zero-order valence-corrected chi connectivity index (χ0v) is 11.9. The second-order valence-electron chi connectivity index (χ2n) is 4.85. The molecule has 0 aliphatic heterocycles. The summed E-state index contributed by atoms with van der Waals surface area (Å²) in [6.45, 7) is 6.83. The van der Waals surface area contributed by atoms with Crippen molar-refractivity contribution in [2.75, 3.05) is 33.9 Å². The smallest absolute Gasteiger partial charge is 0.236 e. The Balaban J connectivity index is 4.05. The quantitative estimate of drug-likeness (QED) is 0.513. The van der Waals surface area contributed by atoms with Gasteiger partial charge >= 0.3 is 0 Å². The molecule has 1 unspecified atom stereocenters. The van der Waals surface area contributed by atoms with Crippen molar-refractivity contribution in [1.82, 2.24) is 16.0 Å². The van der Waals surface area contributed by atoms with E-state index in [0.29, 0.717) is 19.7 Å². The molecular weight excluding hydrogens is 234 g/mol. The molecule has 0 rings (SSSR count). The van der Waals surface area contributed by atoms with Crippen LogP contribution in [0.5, 0.6) is 0 Å². The maximum atomic E-state index is 11.6. The lowest BCUT2D eigenvalue weighted by Crippen LogP contribution is -2.49. The molecule has 1 atom stereocenters. The van der Waals surface area contributed by atoms with E-state index in [1.165, 1.54) is 0 Å². The first-order valence-electron chi connectivity index (χ1n) is 6.07. The number of methoxy groups -OCH3 is 1. The Kier molecular flexibility index (Phi) is 7.54. The van der Waals surface area contributed by atoms with Crippen LogP contribution in [0.1, 0.15) is 20.8 Å². The first-order valence-corrected chi connectivity index (χ1v) is 6.07. The van der Waals surface area contributed by atoms with Crippen LogP contribution >= 0.6 is 0 Å². The van der Waals surface area contributed by atoms with Gasteiger partial charge in [0.05, 0.1) is 18.1 Å². The molecule has 18 heavy (non-hydrogen) atoms. The van der Waals surface area contributed by atoms with Gasteiger partial charge in [0, 0.05) is 27.2 Å². The number of rotatable bonds is 8. The summed E-state index contributed by atoms with van der Waals surface area (Å²) in [5, 5.41) is 8.39. The van der Waals surface area contributed by atoms with Gasteiger partial charge < -0.3 is 20.7 Å². The molecule has 6 heteroatoms. The average Bonchev–Trinajstić information content (AvgIpc) is 2.34. The minimum Gasteiger partial charge on any atom is -0.383 e. The van der Waals surface area contributed by atoms with Gasteiger partial charge in [0.2, 0.25) is 11.8 Å². The van der Waals surface area contributed by atoms with Crippen molar-refractivity contribution in [3.63, 3.8) is 0 Å². The summed E-state index contributed by atoms with van der Waals surface area (Å²) >= 11 is 0. The summed E-state index contributed by atoms with van der Waals surface area (Å²) in [7, 11) is 3.19. The van der Waals surface area contributed by atoms with Crippen molar-refractivity contribution < 1.29 is 14.3 Å². The minimum atomic E-state index is -0.546. The molecule has 0 aromatic heterocycles. The number of carbonyl (C=O) groups excluding carboxylic acids is 2. The summed E-state index contributed by atoms with van der Waals surface area (Å²) in [5.74, 6) is -0.151. The Labute approximate surface area is 109 Å². The highest BCUT2D eigenvalue weighted by Gasteiger charge is 2.27. The maximum Gasteiger partial charge on any atom is 0.236 e. The molecule has 0 saturated heterocycles. The van der Waals surface area contributed by atoms with E-state index in [2.05, 4.69) is 16.0 Å². The van der Waals surface area contributed by atoms with E-state index in [-0.39, 0.29) is 17.9 Å². The second-order valence-corrected chi connectivity index (χ2v) is 4.85. The molecule has 0 heterocycles. The maximum absolute atomic E-state index is 11.6. The molecule has 106 valence electrons. The molecule has 0 aromatic rings. The molecular formula is C12H25N3O3. The summed E-state index contributed by atoms with van der Waals surface area (Å²) in [6.07, 6.45) is 0. The predicted molar refractivity (Wildman–Crippen MR) is 70.2 cm³/mol. The lowest BCUT2D eigenvalue weighted by molar-refractivity contribution is -0.129. The van der Waals surface area contributed by atoms with Gasteiger partial charge in [-0.3, -0.25) is 9.59 Å². The van der Waals surface area contributed by atoms with Gasteiger partial charge in [0.1, 0.15) is 0 Å². The van der Waals surface area contributed by atoms with E-state index in [0.717, 1.165) is 0 Å². The van der Waals surface area contributed by atoms with Crippen LogP contribution in [0, 0.1) is 5.41 Å². The van der Waals surface area contributed by atoms with Crippen molar-refractivity contribution in [3.8, 4) is 0 Å².